The van der Waals surface area contributed by atoms with E-state index in [-0.39, 0.29) is 12.2 Å². The Labute approximate surface area is 108 Å². The van der Waals surface area contributed by atoms with E-state index in [1.54, 1.807) is 30.5 Å². The Kier molecular flexibility index (Phi) is 3.84. The number of thiophene rings is 1. The molecule has 0 radical (unpaired) electrons. The summed E-state index contributed by atoms with van der Waals surface area (Å²) >= 11 is 1.34. The van der Waals surface area contributed by atoms with E-state index in [4.69, 9.17) is 5.11 Å². The Balaban J connectivity index is 2.10. The summed E-state index contributed by atoms with van der Waals surface area (Å²) in [5.74, 6) is -0.904. The minimum atomic E-state index is -0.830. The number of carbonyl (C=O) groups is 2. The molecule has 4 nitrogen and oxygen atoms in total. The number of carboxylic acid groups (broad SMARTS) is 1. The van der Waals surface area contributed by atoms with Crippen LogP contribution in [0.15, 0.2) is 36.7 Å². The van der Waals surface area contributed by atoms with Crippen LogP contribution in [-0.2, 0) is 11.2 Å². The van der Waals surface area contributed by atoms with E-state index < -0.39 is 5.97 Å². The lowest BCUT2D eigenvalue weighted by atomic mass is 10.1. The minimum Gasteiger partial charge on any atom is -0.481 e. The molecule has 0 fully saturated rings. The van der Waals surface area contributed by atoms with Crippen molar-refractivity contribution in [3.8, 4) is 0 Å². The third kappa shape index (κ3) is 3.01. The number of hydrogen-bond donors (Lipinski definition) is 1. The van der Waals surface area contributed by atoms with Gasteiger partial charge in [0.2, 0.25) is 5.78 Å². The number of nitrogens with zero attached hydrogens (tertiary/aromatic N) is 1. The summed E-state index contributed by atoms with van der Waals surface area (Å²) in [4.78, 5) is 27.9. The number of aryl methyl sites for hydroxylation is 1. The van der Waals surface area contributed by atoms with Gasteiger partial charge in [-0.2, -0.15) is 0 Å². The fraction of sp³-hybridized carbons (Fsp3) is 0.154. The molecule has 2 aromatic rings. The lowest BCUT2D eigenvalue weighted by molar-refractivity contribution is -0.136. The molecule has 0 bridgehead atoms. The first-order valence-electron chi connectivity index (χ1n) is 5.42. The second-order valence-electron chi connectivity index (χ2n) is 3.73. The fourth-order valence-electron chi connectivity index (χ4n) is 1.50. The second kappa shape index (κ2) is 5.55. The SMILES string of the molecule is O=C(O)CCc1ccc(C(=O)c2cccnc2)s1. The Morgan fingerprint density at radius 3 is 2.78 bits per heavy atom. The zero-order valence-electron chi connectivity index (χ0n) is 9.50. The average Bonchev–Trinajstić information content (AvgIpc) is 2.85. The lowest BCUT2D eigenvalue weighted by Gasteiger charge is -1.96. The third-order valence-electron chi connectivity index (χ3n) is 2.39. The van der Waals surface area contributed by atoms with Crippen molar-refractivity contribution in [1.29, 1.82) is 0 Å². The van der Waals surface area contributed by atoms with Crippen LogP contribution in [0.25, 0.3) is 0 Å². The zero-order chi connectivity index (χ0) is 13.0. The highest BCUT2D eigenvalue weighted by Crippen LogP contribution is 2.21. The standard InChI is InChI=1S/C13H11NO3S/c15-12(16)6-4-10-3-5-11(18-10)13(17)9-2-1-7-14-8-9/h1-3,5,7-8H,4,6H2,(H,15,16). The summed E-state index contributed by atoms with van der Waals surface area (Å²) in [5, 5.41) is 8.60. The van der Waals surface area contributed by atoms with Crippen LogP contribution < -0.4 is 0 Å². The number of carbonyl (C=O) groups excluding carboxylic acids is 1. The van der Waals surface area contributed by atoms with Crippen LogP contribution in [0.2, 0.25) is 0 Å². The quantitative estimate of drug-likeness (QED) is 0.839. The normalized spacial score (nSPS) is 10.2. The van der Waals surface area contributed by atoms with Crippen molar-refractivity contribution >= 4 is 23.1 Å². The molecule has 0 saturated heterocycles. The zero-order valence-corrected chi connectivity index (χ0v) is 10.3. The van der Waals surface area contributed by atoms with Crippen LogP contribution in [0.4, 0.5) is 0 Å². The Morgan fingerprint density at radius 1 is 1.28 bits per heavy atom. The molecule has 2 heterocycles. The van der Waals surface area contributed by atoms with Gasteiger partial charge in [0.15, 0.2) is 0 Å². The molecule has 0 amide bonds. The minimum absolute atomic E-state index is 0.0744. The number of carboxylic acids is 1. The number of aliphatic carboxylic acids is 1. The fourth-order valence-corrected chi connectivity index (χ4v) is 2.47. The summed E-state index contributed by atoms with van der Waals surface area (Å²) in [6.07, 6.45) is 3.68. The van der Waals surface area contributed by atoms with Gasteiger partial charge in [-0.1, -0.05) is 0 Å². The van der Waals surface area contributed by atoms with Crippen molar-refractivity contribution in [3.05, 3.63) is 52.0 Å². The van der Waals surface area contributed by atoms with Gasteiger partial charge in [-0.25, -0.2) is 0 Å². The van der Waals surface area contributed by atoms with Crippen LogP contribution in [-0.4, -0.2) is 21.8 Å². The van der Waals surface area contributed by atoms with Gasteiger partial charge in [0.05, 0.1) is 11.3 Å². The van der Waals surface area contributed by atoms with Crippen molar-refractivity contribution in [2.45, 2.75) is 12.8 Å². The molecular weight excluding hydrogens is 250 g/mol. The van der Waals surface area contributed by atoms with Crippen molar-refractivity contribution < 1.29 is 14.7 Å². The first kappa shape index (κ1) is 12.4. The number of ketones is 1. The van der Waals surface area contributed by atoms with E-state index >= 15 is 0 Å². The van der Waals surface area contributed by atoms with Crippen LogP contribution in [0.1, 0.15) is 26.5 Å². The van der Waals surface area contributed by atoms with Crippen LogP contribution in [0.3, 0.4) is 0 Å². The predicted octanol–water partition coefficient (Wildman–Crippen LogP) is 2.39. The molecule has 92 valence electrons. The Hall–Kier alpha value is -2.01. The van der Waals surface area contributed by atoms with Gasteiger partial charge < -0.3 is 5.11 Å². The molecule has 0 aliphatic heterocycles. The molecule has 0 aromatic carbocycles. The smallest absolute Gasteiger partial charge is 0.303 e. The highest BCUT2D eigenvalue weighted by atomic mass is 32.1. The number of rotatable bonds is 5. The topological polar surface area (TPSA) is 67.3 Å². The summed E-state index contributed by atoms with van der Waals surface area (Å²) in [6, 6.07) is 6.96. The largest absolute Gasteiger partial charge is 0.481 e. The highest BCUT2D eigenvalue weighted by molar-refractivity contribution is 7.14. The van der Waals surface area contributed by atoms with Crippen LogP contribution in [0, 0.1) is 0 Å². The van der Waals surface area contributed by atoms with Crippen molar-refractivity contribution in [2.75, 3.05) is 0 Å². The summed E-state index contributed by atoms with van der Waals surface area (Å²) in [7, 11) is 0. The number of hydrogen-bond acceptors (Lipinski definition) is 4. The van der Waals surface area contributed by atoms with Crippen LogP contribution >= 0.6 is 11.3 Å². The van der Waals surface area contributed by atoms with Crippen LogP contribution in [0.5, 0.6) is 0 Å². The molecule has 0 spiro atoms. The maximum absolute atomic E-state index is 12.1. The molecule has 5 heteroatoms. The summed E-state index contributed by atoms with van der Waals surface area (Å²) in [6.45, 7) is 0. The third-order valence-corrected chi connectivity index (χ3v) is 3.54. The average molecular weight is 261 g/mol. The van der Waals surface area contributed by atoms with Gasteiger partial charge in [0.1, 0.15) is 0 Å². The molecule has 0 aliphatic carbocycles. The molecule has 0 atom stereocenters. The monoisotopic (exact) mass is 261 g/mol. The second-order valence-corrected chi connectivity index (χ2v) is 4.90. The molecule has 1 N–H and O–H groups in total. The van der Waals surface area contributed by atoms with Gasteiger partial charge in [0, 0.05) is 22.8 Å². The highest BCUT2D eigenvalue weighted by Gasteiger charge is 2.12. The first-order chi connectivity index (χ1) is 8.66. The molecule has 2 aromatic heterocycles. The molecule has 2 rings (SSSR count). The molecule has 0 saturated carbocycles. The van der Waals surface area contributed by atoms with Gasteiger partial charge in [0.25, 0.3) is 0 Å². The molecule has 18 heavy (non-hydrogen) atoms. The summed E-state index contributed by atoms with van der Waals surface area (Å²) in [5.41, 5.74) is 0.545. The Morgan fingerprint density at radius 2 is 2.11 bits per heavy atom. The van der Waals surface area contributed by atoms with Crippen molar-refractivity contribution in [3.63, 3.8) is 0 Å². The Bertz CT molecular complexity index is 563. The van der Waals surface area contributed by atoms with E-state index in [0.717, 1.165) is 4.88 Å². The number of aromatic nitrogens is 1. The summed E-state index contributed by atoms with van der Waals surface area (Å²) < 4.78 is 0. The van der Waals surface area contributed by atoms with Gasteiger partial charge in [-0.15, -0.1) is 11.3 Å². The van der Waals surface area contributed by atoms with E-state index in [9.17, 15) is 9.59 Å². The van der Waals surface area contributed by atoms with E-state index in [1.165, 1.54) is 17.5 Å². The molecular formula is C13H11NO3S. The van der Waals surface area contributed by atoms with E-state index in [1.807, 2.05) is 0 Å². The first-order valence-corrected chi connectivity index (χ1v) is 6.23. The van der Waals surface area contributed by atoms with Gasteiger partial charge in [-0.05, 0) is 30.7 Å². The van der Waals surface area contributed by atoms with E-state index in [0.29, 0.717) is 16.9 Å². The van der Waals surface area contributed by atoms with Crippen molar-refractivity contribution in [1.82, 2.24) is 4.98 Å². The van der Waals surface area contributed by atoms with Gasteiger partial charge >= 0.3 is 5.97 Å². The lowest BCUT2D eigenvalue weighted by Crippen LogP contribution is -1.98. The predicted molar refractivity (Wildman–Crippen MR) is 67.9 cm³/mol. The molecule has 0 unspecified atom stereocenters. The van der Waals surface area contributed by atoms with Crippen molar-refractivity contribution in [2.24, 2.45) is 0 Å². The maximum Gasteiger partial charge on any atom is 0.303 e. The maximum atomic E-state index is 12.1. The van der Waals surface area contributed by atoms with E-state index in [2.05, 4.69) is 4.98 Å². The van der Waals surface area contributed by atoms with Gasteiger partial charge in [-0.3, -0.25) is 14.6 Å². The molecule has 0 aliphatic rings. The number of pyridine rings is 1.